The predicted molar refractivity (Wildman–Crippen MR) is 159 cm³/mol. The monoisotopic (exact) mass is 798 g/mol. The van der Waals surface area contributed by atoms with Crippen molar-refractivity contribution < 1.29 is 82.0 Å². The maximum absolute atomic E-state index is 14.4. The van der Waals surface area contributed by atoms with Crippen molar-refractivity contribution in [3.05, 3.63) is 117 Å². The molecule has 0 spiro atoms. The lowest BCUT2D eigenvalue weighted by Gasteiger charge is -2.31. The van der Waals surface area contributed by atoms with Gasteiger partial charge < -0.3 is 19.7 Å². The third-order valence-corrected chi connectivity index (χ3v) is 9.66. The summed E-state index contributed by atoms with van der Waals surface area (Å²) in [6, 6.07) is 11.0. The highest BCUT2D eigenvalue weighted by Crippen LogP contribution is 2.68. The van der Waals surface area contributed by atoms with Crippen molar-refractivity contribution in [2.24, 2.45) is 0 Å². The van der Waals surface area contributed by atoms with Crippen LogP contribution in [0, 0.1) is 34.3 Å². The lowest BCUT2D eigenvalue weighted by atomic mass is 9.93. The largest absolute Gasteiger partial charge is 0.456 e. The number of ether oxygens (including phenoxy) is 2. The zero-order valence-corrected chi connectivity index (χ0v) is 26.9. The average molecular weight is 798 g/mol. The molecule has 4 aromatic rings. The summed E-state index contributed by atoms with van der Waals surface area (Å²) in [4.78, 5) is 24.4. The summed E-state index contributed by atoms with van der Waals surface area (Å²) < 4.78 is 180. The summed E-state index contributed by atoms with van der Waals surface area (Å²) in [6.07, 6.45) is -6.70. The number of Topliss-reactive ketones (excluding diaryl/α,β-unsaturated/α-hetero) is 2. The number of nitriles is 2. The fourth-order valence-electron chi connectivity index (χ4n) is 7.10. The van der Waals surface area contributed by atoms with Crippen LogP contribution in [0.25, 0.3) is 0 Å². The highest BCUT2D eigenvalue weighted by atomic mass is 19.3. The smallest absolute Gasteiger partial charge is 0.350 e. The van der Waals surface area contributed by atoms with Crippen molar-refractivity contribution in [1.82, 2.24) is 0 Å². The zero-order valence-electron chi connectivity index (χ0n) is 26.9. The Labute approximate surface area is 303 Å². The number of ketones is 2. The summed E-state index contributed by atoms with van der Waals surface area (Å²) >= 11 is 0. The Bertz CT molecular complexity index is 2360. The van der Waals surface area contributed by atoms with Crippen molar-refractivity contribution in [3.63, 3.8) is 0 Å². The fraction of sp³-hybridized carbons (Fsp3) is 0.222. The van der Waals surface area contributed by atoms with E-state index >= 15 is 0 Å². The average Bonchev–Trinajstić information content (AvgIpc) is 3.57. The van der Waals surface area contributed by atoms with Crippen LogP contribution in [0.3, 0.4) is 0 Å². The van der Waals surface area contributed by atoms with Gasteiger partial charge in [-0.05, 0) is 48.5 Å². The van der Waals surface area contributed by atoms with Crippen molar-refractivity contribution in [2.45, 2.75) is 47.2 Å². The van der Waals surface area contributed by atoms with Crippen molar-refractivity contribution in [3.8, 4) is 35.1 Å². The second kappa shape index (κ2) is 11.7. The number of hydrogen-bond donors (Lipinski definition) is 2. The number of carbonyl (C=O) groups excluding carboxylic acids is 2. The van der Waals surface area contributed by atoms with Gasteiger partial charge in [-0.25, -0.2) is 17.6 Å². The van der Waals surface area contributed by atoms with Crippen LogP contribution in [-0.4, -0.2) is 46.0 Å². The highest BCUT2D eigenvalue weighted by molar-refractivity contribution is 6.10. The molecule has 0 saturated carbocycles. The maximum Gasteiger partial charge on any atom is 0.350 e. The molecule has 0 unspecified atom stereocenters. The van der Waals surface area contributed by atoms with Gasteiger partial charge in [-0.15, -0.1) is 0 Å². The molecule has 288 valence electrons. The summed E-state index contributed by atoms with van der Waals surface area (Å²) in [5, 5.41) is 38.0. The first-order valence-electron chi connectivity index (χ1n) is 15.4. The van der Waals surface area contributed by atoms with Crippen LogP contribution in [0.1, 0.15) is 54.1 Å². The van der Waals surface area contributed by atoms with Gasteiger partial charge in [0.15, 0.2) is 0 Å². The third kappa shape index (κ3) is 4.56. The van der Waals surface area contributed by atoms with Gasteiger partial charge >= 0.3 is 23.7 Å². The molecule has 4 atom stereocenters. The Balaban J connectivity index is 0.000000172. The van der Waals surface area contributed by atoms with Gasteiger partial charge in [0.1, 0.15) is 34.6 Å². The number of alkyl halides is 10. The van der Waals surface area contributed by atoms with Gasteiger partial charge in [-0.3, -0.25) is 9.59 Å². The SMILES string of the molecule is N#Cc1cc(F)cc(Oc2ccc3c4c2C(=O)[C@@H](F)[C@]4(O)C(F)(F)C3(F)F)c1.N#Cc1cc(F)cc(Oc2ccc3c4c2C(=O)[C@H](F)[C@]4(O)C(F)(F)C3(F)F)c1. The highest BCUT2D eigenvalue weighted by Gasteiger charge is 2.84. The topological polar surface area (TPSA) is 141 Å². The molecular weight excluding hydrogens is 784 g/mol. The van der Waals surface area contributed by atoms with Crippen LogP contribution < -0.4 is 9.47 Å². The van der Waals surface area contributed by atoms with E-state index in [9.17, 15) is 72.5 Å². The van der Waals surface area contributed by atoms with E-state index in [2.05, 4.69) is 0 Å². The number of hydrogen-bond acceptors (Lipinski definition) is 8. The molecule has 4 aromatic carbocycles. The van der Waals surface area contributed by atoms with Crippen molar-refractivity contribution in [1.29, 1.82) is 10.5 Å². The van der Waals surface area contributed by atoms with E-state index in [0.29, 0.717) is 12.1 Å². The Hall–Kier alpha value is -6.12. The Morgan fingerprint density at radius 1 is 0.571 bits per heavy atom. The van der Waals surface area contributed by atoms with Crippen molar-refractivity contribution >= 4 is 11.6 Å². The first-order chi connectivity index (χ1) is 25.9. The van der Waals surface area contributed by atoms with E-state index in [-0.39, 0.29) is 22.6 Å². The lowest BCUT2D eigenvalue weighted by molar-refractivity contribution is -0.294. The molecule has 8 nitrogen and oxygen atoms in total. The first kappa shape index (κ1) is 38.2. The number of halogens is 12. The summed E-state index contributed by atoms with van der Waals surface area (Å²) in [7, 11) is 0. The van der Waals surface area contributed by atoms with E-state index in [4.69, 9.17) is 20.0 Å². The van der Waals surface area contributed by atoms with Crippen LogP contribution >= 0.6 is 0 Å². The molecule has 8 rings (SSSR count). The molecule has 0 saturated heterocycles. The summed E-state index contributed by atoms with van der Waals surface area (Å²) in [5.41, 5.74) is -15.7. The van der Waals surface area contributed by atoms with Crippen LogP contribution in [0.5, 0.6) is 23.0 Å². The van der Waals surface area contributed by atoms with Gasteiger partial charge in [-0.1, -0.05) is 0 Å². The third-order valence-electron chi connectivity index (χ3n) is 9.66. The Kier molecular flexibility index (Phi) is 7.97. The second-order valence-corrected chi connectivity index (χ2v) is 12.8. The standard InChI is InChI=1S/2C18H7F6NO3/c2*19-8-3-7(6-25)4-9(5-8)28-11-2-1-10-13-12(11)14(26)15(20)16(13,27)18(23,24)17(10,21)22/h2*1-5,15,27H/t15-,16+;15-,16-/m10/s1. The van der Waals surface area contributed by atoms with Crippen LogP contribution in [-0.2, 0) is 23.0 Å². The number of benzene rings is 4. The van der Waals surface area contributed by atoms with Gasteiger partial charge in [0, 0.05) is 34.4 Å². The minimum Gasteiger partial charge on any atom is -0.456 e. The maximum atomic E-state index is 14.4. The van der Waals surface area contributed by atoms with Crippen LogP contribution in [0.2, 0.25) is 0 Å². The summed E-state index contributed by atoms with van der Waals surface area (Å²) in [6.45, 7) is 0. The molecule has 0 aromatic heterocycles. The van der Waals surface area contributed by atoms with Crippen LogP contribution in [0.15, 0.2) is 60.7 Å². The fourth-order valence-corrected chi connectivity index (χ4v) is 7.10. The van der Waals surface area contributed by atoms with E-state index in [1.807, 2.05) is 0 Å². The minimum absolute atomic E-state index is 0.183. The second-order valence-electron chi connectivity index (χ2n) is 12.8. The molecule has 2 N–H and O–H groups in total. The van der Waals surface area contributed by atoms with E-state index in [1.165, 1.54) is 0 Å². The Morgan fingerprint density at radius 3 is 1.23 bits per heavy atom. The van der Waals surface area contributed by atoms with E-state index in [0.717, 1.165) is 48.5 Å². The van der Waals surface area contributed by atoms with E-state index < -0.39 is 115 Å². The van der Waals surface area contributed by atoms with Gasteiger partial charge in [0.25, 0.3) is 0 Å². The molecule has 0 fully saturated rings. The molecule has 0 aliphatic heterocycles. The molecule has 0 amide bonds. The molecule has 4 aliphatic carbocycles. The van der Waals surface area contributed by atoms with Gasteiger partial charge in [0.05, 0.1) is 34.4 Å². The van der Waals surface area contributed by atoms with E-state index in [1.54, 1.807) is 12.1 Å². The predicted octanol–water partition coefficient (Wildman–Crippen LogP) is 7.90. The lowest BCUT2D eigenvalue weighted by Crippen LogP contribution is -2.53. The number of aliphatic hydroxyl groups is 2. The molecule has 0 heterocycles. The number of rotatable bonds is 4. The molecule has 20 heteroatoms. The molecule has 0 radical (unpaired) electrons. The zero-order chi connectivity index (χ0) is 41.3. The van der Waals surface area contributed by atoms with Crippen LogP contribution in [0.4, 0.5) is 52.7 Å². The Morgan fingerprint density at radius 2 is 0.911 bits per heavy atom. The van der Waals surface area contributed by atoms with Gasteiger partial charge in [0.2, 0.25) is 35.1 Å². The first-order valence-corrected chi connectivity index (χ1v) is 15.4. The number of nitrogens with zero attached hydrogens (tertiary/aromatic N) is 2. The molecule has 56 heavy (non-hydrogen) atoms. The summed E-state index contributed by atoms with van der Waals surface area (Å²) in [5.74, 6) is -27.6. The molecule has 4 aliphatic rings. The quantitative estimate of drug-likeness (QED) is 0.199. The molecule has 0 bridgehead atoms. The minimum atomic E-state index is -5.28. The molecular formula is C36H14F12N2O6. The normalized spacial score (nSPS) is 26.1. The number of carbonyl (C=O) groups is 2. The van der Waals surface area contributed by atoms with Gasteiger partial charge in [-0.2, -0.15) is 45.6 Å². The van der Waals surface area contributed by atoms with Crippen molar-refractivity contribution in [2.75, 3.05) is 0 Å².